The van der Waals surface area contributed by atoms with Crippen LogP contribution < -0.4 is 14.4 Å². The fourth-order valence-corrected chi connectivity index (χ4v) is 4.31. The van der Waals surface area contributed by atoms with E-state index in [9.17, 15) is 13.2 Å². The first-order valence-corrected chi connectivity index (χ1v) is 10.5. The van der Waals surface area contributed by atoms with Crippen molar-refractivity contribution in [3.63, 3.8) is 0 Å². The van der Waals surface area contributed by atoms with Crippen molar-refractivity contribution in [3.8, 4) is 5.75 Å². The molecule has 2 aromatic carbocycles. The van der Waals surface area contributed by atoms with Crippen LogP contribution in [0.25, 0.3) is 0 Å². The lowest BCUT2D eigenvalue weighted by molar-refractivity contribution is -0.116. The van der Waals surface area contributed by atoms with Gasteiger partial charge >= 0.3 is 0 Å². The molecule has 0 aliphatic carbocycles. The second-order valence-electron chi connectivity index (χ2n) is 6.42. The topological polar surface area (TPSA) is 75.7 Å². The molecule has 0 saturated carbocycles. The molecular weight excluding hydrogens is 388 g/mol. The van der Waals surface area contributed by atoms with E-state index in [0.29, 0.717) is 11.4 Å². The highest BCUT2D eigenvalue weighted by Crippen LogP contribution is 2.31. The van der Waals surface area contributed by atoms with Gasteiger partial charge in [0.2, 0.25) is 15.9 Å². The summed E-state index contributed by atoms with van der Waals surface area (Å²) in [6.45, 7) is 5.37. The Bertz CT molecular complexity index is 940. The Morgan fingerprint density at radius 1 is 1.15 bits per heavy atom. The van der Waals surface area contributed by atoms with E-state index < -0.39 is 22.0 Å². The highest BCUT2D eigenvalue weighted by atomic mass is 35.5. The van der Waals surface area contributed by atoms with E-state index in [2.05, 4.69) is 5.32 Å². The summed E-state index contributed by atoms with van der Waals surface area (Å²) in [7, 11) is -2.27. The minimum atomic E-state index is -3.73. The zero-order valence-corrected chi connectivity index (χ0v) is 17.5. The van der Waals surface area contributed by atoms with Gasteiger partial charge in [0, 0.05) is 5.69 Å². The first-order chi connectivity index (χ1) is 12.5. The first-order valence-electron chi connectivity index (χ1n) is 8.25. The molecule has 0 saturated heterocycles. The average molecular weight is 411 g/mol. The molecule has 8 heteroatoms. The molecule has 1 amide bonds. The van der Waals surface area contributed by atoms with Crippen molar-refractivity contribution in [1.29, 1.82) is 0 Å². The SMILES string of the molecule is COc1ccc(N([C@H](C)C(=O)Nc2cc(C)cc(C)c2)S(C)(=O)=O)cc1Cl. The Balaban J connectivity index is 2.36. The first kappa shape index (κ1) is 21.1. The maximum atomic E-state index is 12.7. The van der Waals surface area contributed by atoms with Crippen molar-refractivity contribution in [2.75, 3.05) is 23.0 Å². The molecule has 1 atom stereocenters. The van der Waals surface area contributed by atoms with Gasteiger partial charge in [-0.05, 0) is 62.2 Å². The summed E-state index contributed by atoms with van der Waals surface area (Å²) in [4.78, 5) is 12.7. The minimum Gasteiger partial charge on any atom is -0.495 e. The smallest absolute Gasteiger partial charge is 0.247 e. The Morgan fingerprint density at radius 3 is 2.22 bits per heavy atom. The van der Waals surface area contributed by atoms with E-state index in [1.165, 1.54) is 20.1 Å². The zero-order valence-electron chi connectivity index (χ0n) is 15.9. The molecule has 27 heavy (non-hydrogen) atoms. The fraction of sp³-hybridized carbons (Fsp3) is 0.316. The Labute approximate surface area is 165 Å². The van der Waals surface area contributed by atoms with E-state index in [1.54, 1.807) is 12.1 Å². The zero-order chi connectivity index (χ0) is 20.4. The monoisotopic (exact) mass is 410 g/mol. The van der Waals surface area contributed by atoms with E-state index in [1.807, 2.05) is 32.0 Å². The van der Waals surface area contributed by atoms with Crippen LogP contribution in [0.2, 0.25) is 5.02 Å². The van der Waals surface area contributed by atoms with Crippen LogP contribution in [-0.4, -0.2) is 33.7 Å². The van der Waals surface area contributed by atoms with Crippen molar-refractivity contribution in [2.24, 2.45) is 0 Å². The number of anilines is 2. The predicted molar refractivity (Wildman–Crippen MR) is 109 cm³/mol. The molecule has 0 radical (unpaired) electrons. The van der Waals surface area contributed by atoms with E-state index in [0.717, 1.165) is 21.7 Å². The molecule has 6 nitrogen and oxygen atoms in total. The fourth-order valence-electron chi connectivity index (χ4n) is 2.89. The number of hydrogen-bond donors (Lipinski definition) is 1. The number of methoxy groups -OCH3 is 1. The summed E-state index contributed by atoms with van der Waals surface area (Å²) in [5.74, 6) is -0.0291. The lowest BCUT2D eigenvalue weighted by Crippen LogP contribution is -2.45. The lowest BCUT2D eigenvalue weighted by Gasteiger charge is -2.28. The minimum absolute atomic E-state index is 0.255. The van der Waals surface area contributed by atoms with Gasteiger partial charge in [-0.25, -0.2) is 8.42 Å². The van der Waals surface area contributed by atoms with Gasteiger partial charge in [-0.2, -0.15) is 0 Å². The molecule has 0 bridgehead atoms. The molecule has 0 aliphatic heterocycles. The molecule has 0 heterocycles. The molecule has 0 spiro atoms. The summed E-state index contributed by atoms with van der Waals surface area (Å²) in [6, 6.07) is 9.23. The second-order valence-corrected chi connectivity index (χ2v) is 8.69. The van der Waals surface area contributed by atoms with Gasteiger partial charge in [0.1, 0.15) is 11.8 Å². The molecule has 0 aliphatic rings. The molecule has 2 aromatic rings. The van der Waals surface area contributed by atoms with Gasteiger partial charge < -0.3 is 10.1 Å². The van der Waals surface area contributed by atoms with E-state index in [4.69, 9.17) is 16.3 Å². The van der Waals surface area contributed by atoms with Crippen molar-refractivity contribution >= 4 is 38.9 Å². The summed E-state index contributed by atoms with van der Waals surface area (Å²) in [5, 5.41) is 3.04. The molecule has 1 N–H and O–H groups in total. The molecule has 0 aromatic heterocycles. The number of nitrogens with one attached hydrogen (secondary N) is 1. The van der Waals surface area contributed by atoms with Gasteiger partial charge in [0.15, 0.2) is 0 Å². The van der Waals surface area contributed by atoms with Gasteiger partial charge in [0.05, 0.1) is 24.1 Å². The average Bonchev–Trinajstić information content (AvgIpc) is 2.52. The largest absolute Gasteiger partial charge is 0.495 e. The van der Waals surface area contributed by atoms with Crippen LogP contribution in [0.15, 0.2) is 36.4 Å². The van der Waals surface area contributed by atoms with Crippen molar-refractivity contribution < 1.29 is 17.9 Å². The maximum absolute atomic E-state index is 12.7. The van der Waals surface area contributed by atoms with Crippen LogP contribution >= 0.6 is 11.6 Å². The van der Waals surface area contributed by atoms with Crippen LogP contribution in [0.5, 0.6) is 5.75 Å². The standard InChI is InChI=1S/C19H23ClN2O4S/c1-12-8-13(2)10-15(9-12)21-19(23)14(3)22(27(5,24)25)16-6-7-18(26-4)17(20)11-16/h6-11,14H,1-5H3,(H,21,23)/t14-/m1/s1. The second kappa shape index (κ2) is 8.19. The maximum Gasteiger partial charge on any atom is 0.247 e. The number of halogens is 1. The van der Waals surface area contributed by atoms with Crippen LogP contribution in [0.4, 0.5) is 11.4 Å². The summed E-state index contributed by atoms with van der Waals surface area (Å²) < 4.78 is 30.9. The summed E-state index contributed by atoms with van der Waals surface area (Å²) in [6.07, 6.45) is 1.05. The number of hydrogen-bond acceptors (Lipinski definition) is 4. The van der Waals surface area contributed by atoms with Crippen LogP contribution in [0.3, 0.4) is 0 Å². The van der Waals surface area contributed by atoms with E-state index in [-0.39, 0.29) is 10.7 Å². The van der Waals surface area contributed by atoms with Gasteiger partial charge in [-0.1, -0.05) is 17.7 Å². The summed E-state index contributed by atoms with van der Waals surface area (Å²) in [5.41, 5.74) is 2.90. The predicted octanol–water partition coefficient (Wildman–Crippen LogP) is 3.76. The quantitative estimate of drug-likeness (QED) is 0.786. The third kappa shape index (κ3) is 5.14. The number of amides is 1. The normalized spacial score (nSPS) is 12.4. The number of rotatable bonds is 6. The molecule has 0 unspecified atom stereocenters. The van der Waals surface area contributed by atoms with Crippen LogP contribution in [0, 0.1) is 13.8 Å². The Kier molecular flexibility index (Phi) is 6.38. The number of carbonyl (C=O) groups excluding carboxylic acids is 1. The van der Waals surface area contributed by atoms with Crippen molar-refractivity contribution in [3.05, 3.63) is 52.5 Å². The Morgan fingerprint density at radius 2 is 1.74 bits per heavy atom. The van der Waals surface area contributed by atoms with Crippen LogP contribution in [0.1, 0.15) is 18.1 Å². The number of sulfonamides is 1. The van der Waals surface area contributed by atoms with Gasteiger partial charge in [-0.15, -0.1) is 0 Å². The van der Waals surface area contributed by atoms with Gasteiger partial charge in [0.25, 0.3) is 0 Å². The molecule has 2 rings (SSSR count). The summed E-state index contributed by atoms with van der Waals surface area (Å²) >= 11 is 6.13. The third-order valence-corrected chi connectivity index (χ3v) is 5.50. The number of benzene rings is 2. The lowest BCUT2D eigenvalue weighted by atomic mass is 10.1. The molecule has 0 fully saturated rings. The number of aryl methyl sites for hydroxylation is 2. The third-order valence-electron chi connectivity index (χ3n) is 3.97. The number of nitrogens with zero attached hydrogens (tertiary/aromatic N) is 1. The molecule has 146 valence electrons. The Hall–Kier alpha value is -2.25. The van der Waals surface area contributed by atoms with Crippen molar-refractivity contribution in [1.82, 2.24) is 0 Å². The highest BCUT2D eigenvalue weighted by Gasteiger charge is 2.29. The van der Waals surface area contributed by atoms with Crippen molar-refractivity contribution in [2.45, 2.75) is 26.8 Å². The van der Waals surface area contributed by atoms with E-state index >= 15 is 0 Å². The number of ether oxygens (including phenoxy) is 1. The van der Waals surface area contributed by atoms with Gasteiger partial charge in [-0.3, -0.25) is 9.10 Å². The highest BCUT2D eigenvalue weighted by molar-refractivity contribution is 7.92. The molecular formula is C19H23ClN2O4S. The number of carbonyl (C=O) groups is 1. The van der Waals surface area contributed by atoms with Crippen LogP contribution in [-0.2, 0) is 14.8 Å².